The molecule has 1 fully saturated rings. The maximum absolute atomic E-state index is 13.7. The van der Waals surface area contributed by atoms with Gasteiger partial charge in [-0.3, -0.25) is 9.80 Å². The Kier molecular flexibility index (Phi) is 9.31. The zero-order chi connectivity index (χ0) is 33.2. The third kappa shape index (κ3) is 7.62. The lowest BCUT2D eigenvalue weighted by Crippen LogP contribution is -2.48. The number of rotatable bonds is 8. The molecule has 46 heavy (non-hydrogen) atoms. The highest BCUT2D eigenvalue weighted by Crippen LogP contribution is 2.29. The third-order valence-electron chi connectivity index (χ3n) is 6.66. The lowest BCUT2D eigenvalue weighted by Gasteiger charge is -2.33. The summed E-state index contributed by atoms with van der Waals surface area (Å²) >= 11 is 5.20. The van der Waals surface area contributed by atoms with E-state index in [2.05, 4.69) is 20.4 Å². The van der Waals surface area contributed by atoms with Gasteiger partial charge in [0.05, 0.1) is 25.8 Å². The lowest BCUT2D eigenvalue weighted by molar-refractivity contribution is -0.148. The van der Waals surface area contributed by atoms with Crippen molar-refractivity contribution in [2.45, 2.75) is 25.7 Å². The van der Waals surface area contributed by atoms with Crippen LogP contribution < -0.4 is 5.69 Å². The summed E-state index contributed by atoms with van der Waals surface area (Å²) in [6.45, 7) is 0.419. The Balaban J connectivity index is 1.27. The van der Waals surface area contributed by atoms with Crippen LogP contribution in [-0.2, 0) is 25.7 Å². The Morgan fingerprint density at radius 3 is 1.52 bits per heavy atom. The Hall–Kier alpha value is -4.56. The van der Waals surface area contributed by atoms with Crippen molar-refractivity contribution in [2.24, 2.45) is 10.2 Å². The fourth-order valence-electron chi connectivity index (χ4n) is 4.34. The molecule has 0 aliphatic carbocycles. The molecule has 2 aromatic heterocycles. The van der Waals surface area contributed by atoms with Gasteiger partial charge in [0.25, 0.3) is 11.6 Å². The average molecular weight is 675 g/mol. The van der Waals surface area contributed by atoms with Gasteiger partial charge in [-0.25, -0.2) is 18.3 Å². The van der Waals surface area contributed by atoms with Gasteiger partial charge in [-0.2, -0.15) is 50.6 Å². The summed E-state index contributed by atoms with van der Waals surface area (Å²) in [5, 5.41) is 14.4. The van der Waals surface area contributed by atoms with Gasteiger partial charge in [-0.1, -0.05) is 24.3 Å². The number of alkyl halides is 6. The molecule has 244 valence electrons. The van der Waals surface area contributed by atoms with E-state index in [1.165, 1.54) is 24.3 Å². The van der Waals surface area contributed by atoms with Crippen molar-refractivity contribution >= 4 is 24.6 Å². The second-order valence-corrected chi connectivity index (χ2v) is 10.3. The van der Waals surface area contributed by atoms with Crippen LogP contribution in [-0.4, -0.2) is 77.3 Å². The van der Waals surface area contributed by atoms with Crippen LogP contribution >= 0.6 is 12.2 Å². The molecule has 11 nitrogen and oxygen atoms in total. The highest BCUT2D eigenvalue weighted by atomic mass is 32.1. The molecule has 5 rings (SSSR count). The van der Waals surface area contributed by atoms with Crippen molar-refractivity contribution in [3.05, 3.63) is 98.2 Å². The minimum absolute atomic E-state index is 0.106. The maximum atomic E-state index is 13.7. The molecule has 4 aromatic rings. The molecular formula is C26H22F8N10OS. The van der Waals surface area contributed by atoms with Gasteiger partial charge in [0, 0.05) is 26.2 Å². The molecular weight excluding hydrogens is 652 g/mol. The van der Waals surface area contributed by atoms with Crippen LogP contribution in [0.25, 0.3) is 0 Å². The summed E-state index contributed by atoms with van der Waals surface area (Å²) in [5.74, 6) is -4.01. The number of halogens is 8. The fraction of sp³-hybridized carbons (Fsp3) is 0.308. The molecule has 1 saturated heterocycles. The van der Waals surface area contributed by atoms with E-state index < -0.39 is 41.3 Å². The summed E-state index contributed by atoms with van der Waals surface area (Å²) in [6, 6.07) is 9.58. The van der Waals surface area contributed by atoms with Gasteiger partial charge in [-0.15, -0.1) is 10.2 Å². The third-order valence-corrected chi connectivity index (χ3v) is 7.04. The van der Waals surface area contributed by atoms with E-state index in [9.17, 15) is 39.9 Å². The molecule has 0 saturated carbocycles. The molecule has 0 amide bonds. The zero-order valence-electron chi connectivity index (χ0n) is 23.3. The van der Waals surface area contributed by atoms with Gasteiger partial charge in [0.15, 0.2) is 0 Å². The molecule has 2 aromatic carbocycles. The molecule has 0 spiro atoms. The first kappa shape index (κ1) is 32.8. The highest BCUT2D eigenvalue weighted by molar-refractivity contribution is 7.71. The smallest absolute Gasteiger partial charge is 0.282 e. The van der Waals surface area contributed by atoms with E-state index in [0.717, 1.165) is 41.4 Å². The SMILES string of the molecule is O=c1n(CN2CCN(Cn3nc(C(F)(F)F)n(/N=C/c4ccc(F)cc4)c3=S)CC2)nc(C(F)(F)F)n1/N=C/c1ccc(F)cc1. The molecule has 0 N–H and O–H groups in total. The summed E-state index contributed by atoms with van der Waals surface area (Å²) in [7, 11) is 0. The second kappa shape index (κ2) is 13.0. The Bertz CT molecular complexity index is 1710. The van der Waals surface area contributed by atoms with Crippen LogP contribution in [0.3, 0.4) is 0 Å². The number of aromatic nitrogens is 6. The Labute approximate surface area is 258 Å². The fourth-order valence-corrected chi connectivity index (χ4v) is 4.57. The van der Waals surface area contributed by atoms with Gasteiger partial charge < -0.3 is 0 Å². The summed E-state index contributed by atoms with van der Waals surface area (Å²) in [4.78, 5) is 16.2. The molecule has 0 bridgehead atoms. The first-order valence-electron chi connectivity index (χ1n) is 13.3. The number of piperazine rings is 1. The van der Waals surface area contributed by atoms with E-state index in [1.807, 2.05) is 0 Å². The van der Waals surface area contributed by atoms with Crippen LogP contribution in [0.1, 0.15) is 22.8 Å². The molecule has 0 radical (unpaired) electrons. The van der Waals surface area contributed by atoms with Crippen molar-refractivity contribution in [3.63, 3.8) is 0 Å². The van der Waals surface area contributed by atoms with Crippen LogP contribution in [0, 0.1) is 16.4 Å². The summed E-state index contributed by atoms with van der Waals surface area (Å²) < 4.78 is 110. The van der Waals surface area contributed by atoms with Gasteiger partial charge >= 0.3 is 18.0 Å². The topological polar surface area (TPSA) is 93.8 Å². The second-order valence-electron chi connectivity index (χ2n) is 9.94. The number of hydrogen-bond acceptors (Lipinski definition) is 8. The normalized spacial score (nSPS) is 15.5. The van der Waals surface area contributed by atoms with E-state index in [-0.39, 0.29) is 54.5 Å². The molecule has 0 unspecified atom stereocenters. The van der Waals surface area contributed by atoms with Crippen LogP contribution in [0.2, 0.25) is 0 Å². The monoisotopic (exact) mass is 674 g/mol. The van der Waals surface area contributed by atoms with Crippen LogP contribution in [0.4, 0.5) is 35.1 Å². The summed E-state index contributed by atoms with van der Waals surface area (Å²) in [5.41, 5.74) is -0.589. The number of benzene rings is 2. The van der Waals surface area contributed by atoms with Crippen molar-refractivity contribution in [3.8, 4) is 0 Å². The average Bonchev–Trinajstić information content (AvgIpc) is 3.49. The van der Waals surface area contributed by atoms with Crippen LogP contribution in [0.5, 0.6) is 0 Å². The molecule has 1 aliphatic heterocycles. The standard InChI is InChI=1S/C26H22F8N10OS/c27-19-5-1-17(2-6-19)13-35-43-21(25(29,30)31)37-41(23(43)45)15-39-9-11-40(12-10-39)16-42-24(46)44(22(38-42)26(32,33)34)36-14-18-3-7-20(28)8-4-18/h1-8,13-14H,9-12,15-16H2/b35-13+,36-14+. The van der Waals surface area contributed by atoms with E-state index in [0.29, 0.717) is 14.9 Å². The predicted octanol–water partition coefficient (Wildman–Crippen LogP) is 4.09. The minimum atomic E-state index is -5.01. The molecule has 3 heterocycles. The minimum Gasteiger partial charge on any atom is -0.282 e. The van der Waals surface area contributed by atoms with Gasteiger partial charge in [-0.05, 0) is 47.6 Å². The molecule has 1 aliphatic rings. The van der Waals surface area contributed by atoms with Gasteiger partial charge in [0.1, 0.15) is 11.6 Å². The summed E-state index contributed by atoms with van der Waals surface area (Å²) in [6.07, 6.45) is -7.86. The number of nitrogens with zero attached hydrogens (tertiary/aromatic N) is 10. The van der Waals surface area contributed by atoms with Crippen molar-refractivity contribution in [1.29, 1.82) is 0 Å². The Morgan fingerprint density at radius 1 is 0.674 bits per heavy atom. The van der Waals surface area contributed by atoms with Crippen molar-refractivity contribution in [1.82, 2.24) is 38.7 Å². The first-order chi connectivity index (χ1) is 21.7. The lowest BCUT2D eigenvalue weighted by atomic mass is 10.2. The van der Waals surface area contributed by atoms with Crippen LogP contribution in [0.15, 0.2) is 63.5 Å². The van der Waals surface area contributed by atoms with Crippen molar-refractivity contribution in [2.75, 3.05) is 26.2 Å². The van der Waals surface area contributed by atoms with Crippen molar-refractivity contribution < 1.29 is 35.1 Å². The van der Waals surface area contributed by atoms with E-state index in [4.69, 9.17) is 12.2 Å². The van der Waals surface area contributed by atoms with E-state index in [1.54, 1.807) is 9.80 Å². The van der Waals surface area contributed by atoms with Gasteiger partial charge in [0.2, 0.25) is 4.77 Å². The van der Waals surface area contributed by atoms with E-state index >= 15 is 0 Å². The predicted molar refractivity (Wildman–Crippen MR) is 149 cm³/mol. The quantitative estimate of drug-likeness (QED) is 0.159. The first-order valence-corrected chi connectivity index (χ1v) is 13.7. The molecule has 20 heteroatoms. The Morgan fingerprint density at radius 2 is 1.07 bits per heavy atom. The zero-order valence-corrected chi connectivity index (χ0v) is 24.1. The maximum Gasteiger partial charge on any atom is 0.453 e. The molecule has 0 atom stereocenters. The number of hydrogen-bond donors (Lipinski definition) is 0. The largest absolute Gasteiger partial charge is 0.453 e. The highest BCUT2D eigenvalue weighted by Gasteiger charge is 2.40.